The van der Waals surface area contributed by atoms with Crippen LogP contribution in [0.1, 0.15) is 77.6 Å². The Morgan fingerprint density at radius 3 is 1.17 bits per heavy atom. The van der Waals surface area contributed by atoms with Crippen LogP contribution >= 0.6 is 0 Å². The first kappa shape index (κ1) is 22.5. The Labute approximate surface area is 160 Å². The van der Waals surface area contributed by atoms with E-state index in [2.05, 4.69) is 91.8 Å². The molecule has 124 valence electrons. The van der Waals surface area contributed by atoms with Gasteiger partial charge in [0.05, 0.1) is 0 Å². The van der Waals surface area contributed by atoms with Crippen molar-refractivity contribution >= 4 is 23.1 Å². The van der Waals surface area contributed by atoms with E-state index in [0.717, 1.165) is 12.8 Å². The summed E-state index contributed by atoms with van der Waals surface area (Å²) in [6.07, 6.45) is 2.30. The average Bonchev–Trinajstić information content (AvgIpc) is 3.06. The minimum absolute atomic E-state index is 0. The van der Waals surface area contributed by atoms with Crippen molar-refractivity contribution < 1.29 is 0 Å². The molecule has 1 heteroatoms. The Bertz CT molecular complexity index is 503. The van der Waals surface area contributed by atoms with Crippen molar-refractivity contribution in [3.8, 4) is 0 Å². The van der Waals surface area contributed by atoms with Crippen molar-refractivity contribution in [1.29, 1.82) is 0 Å². The monoisotopic (exact) mass is 322 g/mol. The van der Waals surface area contributed by atoms with Crippen LogP contribution in [-0.4, -0.2) is 23.1 Å². The minimum atomic E-state index is 0. The van der Waals surface area contributed by atoms with Gasteiger partial charge < -0.3 is 0 Å². The van der Waals surface area contributed by atoms with E-state index >= 15 is 0 Å². The van der Waals surface area contributed by atoms with Crippen molar-refractivity contribution in [2.75, 3.05) is 0 Å². The van der Waals surface area contributed by atoms with Gasteiger partial charge in [-0.05, 0) is 10.8 Å². The van der Waals surface area contributed by atoms with E-state index in [0.29, 0.717) is 10.8 Å². The Kier molecular flexibility index (Phi) is 8.87. The van der Waals surface area contributed by atoms with Gasteiger partial charge in [-0.2, -0.15) is 34.4 Å². The van der Waals surface area contributed by atoms with Crippen molar-refractivity contribution in [3.05, 3.63) is 58.7 Å². The van der Waals surface area contributed by atoms with Gasteiger partial charge in [-0.1, -0.05) is 68.2 Å². The second-order valence-electron chi connectivity index (χ2n) is 8.14. The molecule has 0 nitrogen and oxygen atoms in total. The van der Waals surface area contributed by atoms with Crippen LogP contribution in [0.2, 0.25) is 0 Å². The smallest absolute Gasteiger partial charge is 0.213 e. The standard InChI is InChI=1S/2C11H17.Mg/c2*1-5-9-7-6-8-10(9)11(2,3)4;/h2*6-8H,5H2,1-4H3;/q2*-1;+2. The summed E-state index contributed by atoms with van der Waals surface area (Å²) in [6, 6.07) is 13.2. The van der Waals surface area contributed by atoms with Gasteiger partial charge in [0, 0.05) is 0 Å². The molecular formula is C22H34Mg. The molecule has 0 atom stereocenters. The van der Waals surface area contributed by atoms with E-state index in [-0.39, 0.29) is 23.1 Å². The summed E-state index contributed by atoms with van der Waals surface area (Å²) in [5.41, 5.74) is 6.62. The van der Waals surface area contributed by atoms with Gasteiger partial charge in [-0.25, -0.2) is 24.3 Å². The SMILES string of the molecule is CC[c-]1cccc1C(C)(C)C.CC[c-]1cccc1C(C)(C)C.[Mg+2]. The first-order chi connectivity index (χ1) is 10.1. The van der Waals surface area contributed by atoms with Crippen LogP contribution in [-0.2, 0) is 23.7 Å². The summed E-state index contributed by atoms with van der Waals surface area (Å²) in [5.74, 6) is 0. The predicted octanol–water partition coefficient (Wildman–Crippen LogP) is 6.15. The Morgan fingerprint density at radius 2 is 1.00 bits per heavy atom. The normalized spacial score (nSPS) is 11.5. The number of hydrogen-bond acceptors (Lipinski definition) is 0. The zero-order chi connectivity index (χ0) is 17.0. The largest absolute Gasteiger partial charge is 2.00 e. The fourth-order valence-corrected chi connectivity index (χ4v) is 2.99. The molecule has 0 radical (unpaired) electrons. The maximum atomic E-state index is 2.27. The topological polar surface area (TPSA) is 0 Å². The van der Waals surface area contributed by atoms with E-state index < -0.39 is 0 Å². The first-order valence-electron chi connectivity index (χ1n) is 8.61. The van der Waals surface area contributed by atoms with Crippen molar-refractivity contribution in [1.82, 2.24) is 0 Å². The van der Waals surface area contributed by atoms with Crippen LogP contribution in [0.4, 0.5) is 0 Å². The zero-order valence-electron chi connectivity index (χ0n) is 16.6. The summed E-state index contributed by atoms with van der Waals surface area (Å²) in [5, 5.41) is 0. The molecule has 0 spiro atoms. The Morgan fingerprint density at radius 1 is 0.696 bits per heavy atom. The molecule has 0 heterocycles. The average molecular weight is 323 g/mol. The molecule has 0 bridgehead atoms. The number of aryl methyl sites for hydroxylation is 2. The molecule has 0 aliphatic carbocycles. The van der Waals surface area contributed by atoms with Gasteiger partial charge >= 0.3 is 23.1 Å². The van der Waals surface area contributed by atoms with Gasteiger partial charge in [0.25, 0.3) is 0 Å². The quantitative estimate of drug-likeness (QED) is 0.459. The molecule has 0 N–H and O–H groups in total. The van der Waals surface area contributed by atoms with Crippen LogP contribution in [0.3, 0.4) is 0 Å². The van der Waals surface area contributed by atoms with Crippen LogP contribution < -0.4 is 0 Å². The van der Waals surface area contributed by atoms with Gasteiger partial charge in [0.2, 0.25) is 0 Å². The second-order valence-corrected chi connectivity index (χ2v) is 8.14. The Hall–Kier alpha value is -0.534. The molecule has 0 unspecified atom stereocenters. The fraction of sp³-hybridized carbons (Fsp3) is 0.545. The molecule has 0 aromatic heterocycles. The van der Waals surface area contributed by atoms with Crippen molar-refractivity contribution in [2.24, 2.45) is 0 Å². The molecule has 2 aromatic rings. The van der Waals surface area contributed by atoms with E-state index in [1.54, 1.807) is 0 Å². The van der Waals surface area contributed by atoms with E-state index in [9.17, 15) is 0 Å². The third kappa shape index (κ3) is 6.47. The molecule has 2 rings (SSSR count). The van der Waals surface area contributed by atoms with Crippen molar-refractivity contribution in [3.63, 3.8) is 0 Å². The maximum Gasteiger partial charge on any atom is 2.00 e. The zero-order valence-corrected chi connectivity index (χ0v) is 18.0. The summed E-state index contributed by atoms with van der Waals surface area (Å²) in [6.45, 7) is 18.0. The first-order valence-corrected chi connectivity index (χ1v) is 8.61. The molecule has 2 aromatic carbocycles. The van der Waals surface area contributed by atoms with Crippen molar-refractivity contribution in [2.45, 2.75) is 79.1 Å². The van der Waals surface area contributed by atoms with Crippen LogP contribution in [0.25, 0.3) is 0 Å². The number of rotatable bonds is 2. The molecule has 0 saturated carbocycles. The summed E-state index contributed by atoms with van der Waals surface area (Å²) >= 11 is 0. The third-order valence-corrected chi connectivity index (χ3v) is 4.19. The predicted molar refractivity (Wildman–Crippen MR) is 106 cm³/mol. The molecular weight excluding hydrogens is 289 g/mol. The van der Waals surface area contributed by atoms with Gasteiger partial charge in [0.15, 0.2) is 0 Å². The minimum Gasteiger partial charge on any atom is -0.213 e. The molecule has 0 saturated heterocycles. The molecule has 0 amide bonds. The van der Waals surface area contributed by atoms with Crippen LogP contribution in [0.5, 0.6) is 0 Å². The fourth-order valence-electron chi connectivity index (χ4n) is 2.99. The van der Waals surface area contributed by atoms with E-state index in [1.807, 2.05) is 0 Å². The second kappa shape index (κ2) is 9.08. The third-order valence-electron chi connectivity index (χ3n) is 4.19. The van der Waals surface area contributed by atoms with Crippen LogP contribution in [0.15, 0.2) is 36.4 Å². The molecule has 0 aliphatic rings. The summed E-state index contributed by atoms with van der Waals surface area (Å²) < 4.78 is 0. The van der Waals surface area contributed by atoms with Crippen LogP contribution in [0, 0.1) is 0 Å². The van der Waals surface area contributed by atoms with E-state index in [1.165, 1.54) is 22.3 Å². The molecule has 0 aliphatic heterocycles. The maximum absolute atomic E-state index is 2.27. The van der Waals surface area contributed by atoms with Gasteiger partial charge in [0.1, 0.15) is 0 Å². The molecule has 23 heavy (non-hydrogen) atoms. The molecule has 0 fully saturated rings. The summed E-state index contributed by atoms with van der Waals surface area (Å²) in [7, 11) is 0. The van der Waals surface area contributed by atoms with E-state index in [4.69, 9.17) is 0 Å². The Balaban J connectivity index is 0.000000403. The summed E-state index contributed by atoms with van der Waals surface area (Å²) in [4.78, 5) is 0. The van der Waals surface area contributed by atoms with Gasteiger partial charge in [-0.15, -0.1) is 0 Å². The number of hydrogen-bond donors (Lipinski definition) is 0. The van der Waals surface area contributed by atoms with Gasteiger partial charge in [-0.3, -0.25) is 0 Å².